The normalized spacial score (nSPS) is 10.6. The zero-order valence-corrected chi connectivity index (χ0v) is 20.9. The number of aromatic nitrogens is 2. The predicted molar refractivity (Wildman–Crippen MR) is 137 cm³/mol. The van der Waals surface area contributed by atoms with Gasteiger partial charge in [-0.1, -0.05) is 6.07 Å². The molecule has 0 spiro atoms. The molecule has 0 aliphatic rings. The monoisotopic (exact) mass is 523 g/mol. The number of amides is 1. The lowest BCUT2D eigenvalue weighted by atomic mass is 10.2. The summed E-state index contributed by atoms with van der Waals surface area (Å²) in [4.78, 5) is 12.6. The molecule has 38 heavy (non-hydrogen) atoms. The molecule has 3 aromatic carbocycles. The van der Waals surface area contributed by atoms with Crippen molar-refractivity contribution >= 4 is 11.6 Å². The number of hydrogen-bond acceptors (Lipinski definition) is 6. The number of nitrogens with one attached hydrogen (secondary N) is 1. The molecule has 1 heterocycles. The molecule has 0 saturated carbocycles. The maximum atomic E-state index is 13.7. The SMILES string of the molecule is CCOc1ccc(COc2ccc(NC(=O)c3ccn(COc4ccc(F)cc4F)n3)cc2)cc1OCC. The standard InChI is InChI=1S/C28H27F2N3O5/c1-3-35-26-11-5-19(15-27(26)36-4-2)17-37-22-9-7-21(8-10-22)31-28(34)24-13-14-33(32-24)18-38-25-12-6-20(29)16-23(25)30/h5-16H,3-4,17-18H2,1-2H3,(H,31,34). The second-order valence-corrected chi connectivity index (χ2v) is 8.00. The number of carbonyl (C=O) groups excluding carboxylic acids is 1. The minimum absolute atomic E-state index is 0.118. The van der Waals surface area contributed by atoms with Gasteiger partial charge in [-0.3, -0.25) is 4.79 Å². The third-order valence-corrected chi connectivity index (χ3v) is 5.25. The highest BCUT2D eigenvalue weighted by Crippen LogP contribution is 2.29. The molecule has 0 radical (unpaired) electrons. The van der Waals surface area contributed by atoms with Crippen LogP contribution in [-0.2, 0) is 13.3 Å². The summed E-state index contributed by atoms with van der Waals surface area (Å²) in [6.45, 7) is 5.09. The van der Waals surface area contributed by atoms with E-state index in [2.05, 4.69) is 10.4 Å². The molecule has 1 N–H and O–H groups in total. The molecule has 0 aliphatic heterocycles. The molecule has 10 heteroatoms. The summed E-state index contributed by atoms with van der Waals surface area (Å²) in [5.41, 5.74) is 1.63. The van der Waals surface area contributed by atoms with Crippen molar-refractivity contribution in [3.8, 4) is 23.0 Å². The third-order valence-electron chi connectivity index (χ3n) is 5.25. The smallest absolute Gasteiger partial charge is 0.276 e. The Bertz CT molecular complexity index is 1380. The highest BCUT2D eigenvalue weighted by atomic mass is 19.1. The highest BCUT2D eigenvalue weighted by molar-refractivity contribution is 6.02. The van der Waals surface area contributed by atoms with Gasteiger partial charge in [0.2, 0.25) is 0 Å². The van der Waals surface area contributed by atoms with Gasteiger partial charge >= 0.3 is 0 Å². The van der Waals surface area contributed by atoms with E-state index in [1.807, 2.05) is 32.0 Å². The molecule has 0 saturated heterocycles. The van der Waals surface area contributed by atoms with Crippen molar-refractivity contribution in [3.05, 3.63) is 95.8 Å². The van der Waals surface area contributed by atoms with Gasteiger partial charge in [-0.05, 0) is 74.0 Å². The molecule has 1 amide bonds. The molecule has 8 nitrogen and oxygen atoms in total. The number of ether oxygens (including phenoxy) is 4. The number of anilines is 1. The molecule has 0 bridgehead atoms. The van der Waals surface area contributed by atoms with E-state index >= 15 is 0 Å². The number of benzene rings is 3. The Balaban J connectivity index is 1.29. The van der Waals surface area contributed by atoms with E-state index < -0.39 is 17.5 Å². The summed E-state index contributed by atoms with van der Waals surface area (Å²) in [6.07, 6.45) is 1.52. The van der Waals surface area contributed by atoms with Gasteiger partial charge in [0.25, 0.3) is 5.91 Å². The van der Waals surface area contributed by atoms with Crippen LogP contribution in [0.1, 0.15) is 29.9 Å². The Hall–Kier alpha value is -4.60. The van der Waals surface area contributed by atoms with Gasteiger partial charge in [-0.25, -0.2) is 13.5 Å². The van der Waals surface area contributed by atoms with Gasteiger partial charge in [0.1, 0.15) is 18.2 Å². The number of carbonyl (C=O) groups is 1. The van der Waals surface area contributed by atoms with Crippen LogP contribution in [0, 0.1) is 11.6 Å². The van der Waals surface area contributed by atoms with Crippen LogP contribution in [0.2, 0.25) is 0 Å². The first-order valence-electron chi connectivity index (χ1n) is 12.0. The lowest BCUT2D eigenvalue weighted by molar-refractivity contribution is 0.102. The van der Waals surface area contributed by atoms with Gasteiger partial charge < -0.3 is 24.3 Å². The topological polar surface area (TPSA) is 83.8 Å². The average Bonchev–Trinajstić information content (AvgIpc) is 3.39. The van der Waals surface area contributed by atoms with Crippen LogP contribution >= 0.6 is 0 Å². The third kappa shape index (κ3) is 7.00. The van der Waals surface area contributed by atoms with Crippen LogP contribution in [-0.4, -0.2) is 28.9 Å². The maximum Gasteiger partial charge on any atom is 0.276 e. The fraction of sp³-hybridized carbons (Fsp3) is 0.214. The summed E-state index contributed by atoms with van der Waals surface area (Å²) < 4.78 is 50.4. The Labute approximate surface area is 218 Å². The van der Waals surface area contributed by atoms with Crippen LogP contribution in [0.15, 0.2) is 72.9 Å². The van der Waals surface area contributed by atoms with Crippen LogP contribution in [0.3, 0.4) is 0 Å². The molecular weight excluding hydrogens is 496 g/mol. The summed E-state index contributed by atoms with van der Waals surface area (Å²) in [7, 11) is 0. The first-order valence-corrected chi connectivity index (χ1v) is 12.0. The molecule has 1 aromatic heterocycles. The second kappa shape index (κ2) is 12.6. The number of halogens is 2. The van der Waals surface area contributed by atoms with Crippen LogP contribution in [0.4, 0.5) is 14.5 Å². The van der Waals surface area contributed by atoms with Crippen molar-refractivity contribution in [1.29, 1.82) is 0 Å². The summed E-state index contributed by atoms with van der Waals surface area (Å²) in [5, 5.41) is 6.88. The Kier molecular flexibility index (Phi) is 8.76. The minimum Gasteiger partial charge on any atom is -0.490 e. The molecule has 198 valence electrons. The second-order valence-electron chi connectivity index (χ2n) is 8.00. The largest absolute Gasteiger partial charge is 0.490 e. The molecule has 0 aliphatic carbocycles. The Morgan fingerprint density at radius 1 is 0.842 bits per heavy atom. The van der Waals surface area contributed by atoms with Gasteiger partial charge in [0.15, 0.2) is 35.5 Å². The first-order chi connectivity index (χ1) is 18.4. The van der Waals surface area contributed by atoms with Crippen molar-refractivity contribution in [2.45, 2.75) is 27.2 Å². The molecule has 0 unspecified atom stereocenters. The fourth-order valence-corrected chi connectivity index (χ4v) is 3.46. The lowest BCUT2D eigenvalue weighted by Crippen LogP contribution is -2.14. The number of rotatable bonds is 12. The Morgan fingerprint density at radius 3 is 2.32 bits per heavy atom. The van der Waals surface area contributed by atoms with E-state index in [-0.39, 0.29) is 18.2 Å². The van der Waals surface area contributed by atoms with Crippen LogP contribution in [0.25, 0.3) is 0 Å². The molecule has 4 rings (SSSR count). The van der Waals surface area contributed by atoms with E-state index in [9.17, 15) is 13.6 Å². The number of hydrogen-bond donors (Lipinski definition) is 1. The first kappa shape index (κ1) is 26.5. The molecule has 0 atom stereocenters. The van der Waals surface area contributed by atoms with Gasteiger partial charge in [-0.15, -0.1) is 0 Å². The van der Waals surface area contributed by atoms with Gasteiger partial charge in [0.05, 0.1) is 13.2 Å². The zero-order valence-electron chi connectivity index (χ0n) is 20.9. The summed E-state index contributed by atoms with van der Waals surface area (Å²) in [5.74, 6) is -0.0732. The minimum atomic E-state index is -0.822. The molecule has 0 fully saturated rings. The molecule has 4 aromatic rings. The van der Waals surface area contributed by atoms with Gasteiger partial charge in [-0.2, -0.15) is 5.10 Å². The van der Waals surface area contributed by atoms with E-state index in [0.717, 1.165) is 17.7 Å². The zero-order chi connectivity index (χ0) is 26.9. The van der Waals surface area contributed by atoms with E-state index in [1.54, 1.807) is 24.3 Å². The van der Waals surface area contributed by atoms with E-state index in [4.69, 9.17) is 18.9 Å². The van der Waals surface area contributed by atoms with E-state index in [1.165, 1.54) is 23.0 Å². The van der Waals surface area contributed by atoms with Crippen molar-refractivity contribution in [2.24, 2.45) is 0 Å². The fourth-order valence-electron chi connectivity index (χ4n) is 3.46. The predicted octanol–water partition coefficient (Wildman–Crippen LogP) is 5.83. The summed E-state index contributed by atoms with van der Waals surface area (Å²) >= 11 is 0. The van der Waals surface area contributed by atoms with Crippen molar-refractivity contribution in [3.63, 3.8) is 0 Å². The maximum absolute atomic E-state index is 13.7. The van der Waals surface area contributed by atoms with Crippen molar-refractivity contribution in [1.82, 2.24) is 9.78 Å². The van der Waals surface area contributed by atoms with Crippen LogP contribution < -0.4 is 24.3 Å². The lowest BCUT2D eigenvalue weighted by Gasteiger charge is -2.13. The average molecular weight is 524 g/mol. The van der Waals surface area contributed by atoms with E-state index in [0.29, 0.717) is 42.8 Å². The van der Waals surface area contributed by atoms with Crippen molar-refractivity contribution in [2.75, 3.05) is 18.5 Å². The van der Waals surface area contributed by atoms with Crippen molar-refractivity contribution < 1.29 is 32.5 Å². The van der Waals surface area contributed by atoms with Gasteiger partial charge in [0, 0.05) is 18.0 Å². The quantitative estimate of drug-likeness (QED) is 0.252. The number of nitrogens with zero attached hydrogens (tertiary/aromatic N) is 2. The highest BCUT2D eigenvalue weighted by Gasteiger charge is 2.12. The summed E-state index contributed by atoms with van der Waals surface area (Å²) in [6, 6.07) is 17.1. The van der Waals surface area contributed by atoms with Crippen LogP contribution in [0.5, 0.6) is 23.0 Å². The Morgan fingerprint density at radius 2 is 1.58 bits per heavy atom. The molecular formula is C28H27F2N3O5.